The average molecular weight is 998 g/mol. The van der Waals surface area contributed by atoms with Crippen molar-refractivity contribution in [3.63, 3.8) is 0 Å². The second-order valence-electron chi connectivity index (χ2n) is 21.3. The topological polar surface area (TPSA) is 78.9 Å². The first-order chi connectivity index (χ1) is 35.0. The third-order valence-corrected chi connectivity index (χ3v) is 14.1. The van der Waals surface area contributed by atoms with Gasteiger partial charge in [-0.05, 0) is 77.0 Å². The maximum atomic E-state index is 12.9. The summed E-state index contributed by atoms with van der Waals surface area (Å²) < 4.78 is 16.9. The van der Waals surface area contributed by atoms with Gasteiger partial charge in [-0.25, -0.2) is 0 Å². The molecule has 0 bridgehead atoms. The average Bonchev–Trinajstić information content (AvgIpc) is 3.37. The predicted molar refractivity (Wildman–Crippen MR) is 307 cm³/mol. The van der Waals surface area contributed by atoms with Crippen LogP contribution in [0.3, 0.4) is 0 Å². The van der Waals surface area contributed by atoms with Gasteiger partial charge in [-0.15, -0.1) is 0 Å². The smallest absolute Gasteiger partial charge is 0.306 e. The molecule has 71 heavy (non-hydrogen) atoms. The molecule has 0 N–H and O–H groups in total. The van der Waals surface area contributed by atoms with Gasteiger partial charge in [0.25, 0.3) is 0 Å². The summed E-state index contributed by atoms with van der Waals surface area (Å²) in [5.74, 6) is -0.863. The van der Waals surface area contributed by atoms with Crippen LogP contribution in [0.1, 0.15) is 342 Å². The van der Waals surface area contributed by atoms with Gasteiger partial charge in [0.2, 0.25) is 0 Å². The van der Waals surface area contributed by atoms with E-state index in [0.717, 1.165) is 70.6 Å². The number of hydrogen-bond acceptors (Lipinski definition) is 6. The Morgan fingerprint density at radius 3 is 0.803 bits per heavy atom. The first-order valence-electron chi connectivity index (χ1n) is 31.5. The molecule has 0 aromatic rings. The fourth-order valence-corrected chi connectivity index (χ4v) is 9.35. The van der Waals surface area contributed by atoms with Gasteiger partial charge >= 0.3 is 17.9 Å². The lowest BCUT2D eigenvalue weighted by atomic mass is 10.0. The molecule has 0 aliphatic rings. The number of ether oxygens (including phenoxy) is 3. The lowest BCUT2D eigenvalue weighted by molar-refractivity contribution is -0.167. The zero-order valence-corrected chi connectivity index (χ0v) is 47.8. The largest absolute Gasteiger partial charge is 0.462 e. The normalized spacial score (nSPS) is 12.2. The van der Waals surface area contributed by atoms with Crippen molar-refractivity contribution in [2.45, 2.75) is 348 Å². The van der Waals surface area contributed by atoms with Crippen LogP contribution in [0.25, 0.3) is 0 Å². The van der Waals surface area contributed by atoms with E-state index in [2.05, 4.69) is 57.2 Å². The molecule has 0 rings (SSSR count). The summed E-state index contributed by atoms with van der Waals surface area (Å²) in [6.07, 6.45) is 72.9. The zero-order chi connectivity index (χ0) is 51.4. The molecule has 6 nitrogen and oxygen atoms in total. The first kappa shape index (κ1) is 68.6. The van der Waals surface area contributed by atoms with Crippen molar-refractivity contribution < 1.29 is 28.6 Å². The van der Waals surface area contributed by atoms with Crippen molar-refractivity contribution in [1.82, 2.24) is 0 Å². The molecule has 0 radical (unpaired) electrons. The number of unbranched alkanes of at least 4 members (excludes halogenated alkanes) is 41. The Kier molecular flexibility index (Phi) is 58.2. The number of hydrogen-bond donors (Lipinski definition) is 0. The van der Waals surface area contributed by atoms with E-state index in [4.69, 9.17) is 14.2 Å². The molecule has 0 fully saturated rings. The van der Waals surface area contributed by atoms with Crippen LogP contribution < -0.4 is 0 Å². The maximum Gasteiger partial charge on any atom is 0.306 e. The van der Waals surface area contributed by atoms with E-state index >= 15 is 0 Å². The highest BCUT2D eigenvalue weighted by Gasteiger charge is 2.19. The molecule has 0 aromatic heterocycles. The summed E-state index contributed by atoms with van der Waals surface area (Å²) in [7, 11) is 0. The molecule has 6 heteroatoms. The van der Waals surface area contributed by atoms with Crippen molar-refractivity contribution in [2.75, 3.05) is 13.2 Å². The number of allylic oxidation sites excluding steroid dienone is 6. The zero-order valence-electron chi connectivity index (χ0n) is 47.8. The molecule has 0 amide bonds. The van der Waals surface area contributed by atoms with Crippen molar-refractivity contribution in [3.8, 4) is 0 Å². The van der Waals surface area contributed by atoms with Crippen LogP contribution in [0, 0.1) is 0 Å². The van der Waals surface area contributed by atoms with Crippen LogP contribution >= 0.6 is 0 Å². The third-order valence-electron chi connectivity index (χ3n) is 14.1. The third kappa shape index (κ3) is 58.4. The summed E-state index contributed by atoms with van der Waals surface area (Å²) in [6, 6.07) is 0. The van der Waals surface area contributed by atoms with Crippen LogP contribution in [0.15, 0.2) is 36.5 Å². The fourth-order valence-electron chi connectivity index (χ4n) is 9.35. The molecule has 416 valence electrons. The van der Waals surface area contributed by atoms with E-state index in [1.807, 2.05) is 0 Å². The molecule has 0 aliphatic heterocycles. The van der Waals surface area contributed by atoms with Gasteiger partial charge < -0.3 is 14.2 Å². The van der Waals surface area contributed by atoms with Crippen LogP contribution in [0.2, 0.25) is 0 Å². The summed E-state index contributed by atoms with van der Waals surface area (Å²) in [4.78, 5) is 38.3. The van der Waals surface area contributed by atoms with E-state index in [1.54, 1.807) is 0 Å². The van der Waals surface area contributed by atoms with Gasteiger partial charge in [-0.1, -0.05) is 282 Å². The highest BCUT2D eigenvalue weighted by Crippen LogP contribution is 2.17. The fraction of sp³-hybridized carbons (Fsp3) is 0.862. The Morgan fingerprint density at radius 2 is 0.507 bits per heavy atom. The number of carbonyl (C=O) groups is 3. The molecule has 0 spiro atoms. The van der Waals surface area contributed by atoms with Crippen LogP contribution in [0.5, 0.6) is 0 Å². The minimum Gasteiger partial charge on any atom is -0.462 e. The molecule has 0 aromatic carbocycles. The highest BCUT2D eigenvalue weighted by molar-refractivity contribution is 5.71. The minimum absolute atomic E-state index is 0.0731. The van der Waals surface area contributed by atoms with Crippen LogP contribution in [0.4, 0.5) is 0 Å². The molecular weight excluding hydrogens is 877 g/mol. The van der Waals surface area contributed by atoms with Crippen molar-refractivity contribution in [3.05, 3.63) is 36.5 Å². The molecule has 0 saturated carbocycles. The van der Waals surface area contributed by atoms with Crippen molar-refractivity contribution in [2.24, 2.45) is 0 Å². The van der Waals surface area contributed by atoms with Gasteiger partial charge in [0, 0.05) is 19.3 Å². The van der Waals surface area contributed by atoms with E-state index in [9.17, 15) is 14.4 Å². The van der Waals surface area contributed by atoms with Crippen LogP contribution in [-0.2, 0) is 28.6 Å². The first-order valence-corrected chi connectivity index (χ1v) is 31.5. The van der Waals surface area contributed by atoms with Crippen molar-refractivity contribution >= 4 is 17.9 Å². The number of carbonyl (C=O) groups excluding carboxylic acids is 3. The van der Waals surface area contributed by atoms with Crippen molar-refractivity contribution in [1.29, 1.82) is 0 Å². The van der Waals surface area contributed by atoms with Gasteiger partial charge in [0.05, 0.1) is 0 Å². The van der Waals surface area contributed by atoms with E-state index < -0.39 is 6.10 Å². The summed E-state index contributed by atoms with van der Waals surface area (Å²) in [6.45, 7) is 6.66. The predicted octanol–water partition coefficient (Wildman–Crippen LogP) is 21.2. The monoisotopic (exact) mass is 997 g/mol. The molecule has 0 heterocycles. The van der Waals surface area contributed by atoms with Gasteiger partial charge in [0.15, 0.2) is 6.10 Å². The number of esters is 3. The Hall–Kier alpha value is -2.37. The molecule has 1 atom stereocenters. The Bertz CT molecular complexity index is 1190. The van der Waals surface area contributed by atoms with E-state index in [-0.39, 0.29) is 31.1 Å². The molecular formula is C65H120O6. The summed E-state index contributed by atoms with van der Waals surface area (Å²) in [5, 5.41) is 0. The second-order valence-corrected chi connectivity index (χ2v) is 21.3. The Labute approximate surface area is 442 Å². The lowest BCUT2D eigenvalue weighted by Gasteiger charge is -2.18. The summed E-state index contributed by atoms with van der Waals surface area (Å²) >= 11 is 0. The molecule has 1 unspecified atom stereocenters. The lowest BCUT2D eigenvalue weighted by Crippen LogP contribution is -2.30. The quantitative estimate of drug-likeness (QED) is 0.0261. The molecule has 0 aliphatic carbocycles. The van der Waals surface area contributed by atoms with E-state index in [1.165, 1.54) is 231 Å². The SMILES string of the molecule is CCCCCC/C=C\CCCCCCCC(=O)OCC(COC(=O)CCCCCCCCCCC/C=C\C/C=C\CCCCCCC)OC(=O)CCCCCCCCCCCCCCCCCCCCC. The van der Waals surface area contributed by atoms with Gasteiger partial charge in [-0.2, -0.15) is 0 Å². The summed E-state index contributed by atoms with van der Waals surface area (Å²) in [5.41, 5.74) is 0. The molecule has 0 saturated heterocycles. The Balaban J connectivity index is 4.30. The minimum atomic E-state index is -0.775. The Morgan fingerprint density at radius 1 is 0.282 bits per heavy atom. The van der Waals surface area contributed by atoms with Gasteiger partial charge in [0.1, 0.15) is 13.2 Å². The second kappa shape index (κ2) is 60.2. The van der Waals surface area contributed by atoms with Crippen LogP contribution in [-0.4, -0.2) is 37.2 Å². The maximum absolute atomic E-state index is 12.9. The van der Waals surface area contributed by atoms with Gasteiger partial charge in [-0.3, -0.25) is 14.4 Å². The standard InChI is InChI=1S/C65H120O6/c1-4-7-10-13-16-19-22-25-27-29-31-32-34-35-37-40-43-46-49-52-55-58-64(67)70-61-62(60-69-63(66)57-54-51-48-45-42-39-24-21-18-15-12-9-6-3)71-65(68)59-56-53-50-47-44-41-38-36-33-30-28-26-23-20-17-14-11-8-5-2/h21-22,24-25,29,31,62H,4-20,23,26-28,30,32-61H2,1-3H3/b24-21-,25-22-,31-29-. The highest BCUT2D eigenvalue weighted by atomic mass is 16.6. The number of rotatable bonds is 58. The van der Waals surface area contributed by atoms with E-state index in [0.29, 0.717) is 19.3 Å².